The minimum absolute atomic E-state index is 0.0140. The van der Waals surface area contributed by atoms with Gasteiger partial charge in [0, 0.05) is 69.5 Å². The van der Waals surface area contributed by atoms with Crippen LogP contribution in [-0.2, 0) is 26.9 Å². The number of likely N-dealkylation sites (N-methyl/N-ethyl adjacent to an activating group) is 1. The fraction of sp³-hybridized carbons (Fsp3) is 0.410. The third-order valence-electron chi connectivity index (χ3n) is 10.1. The Hall–Kier alpha value is -5.35. The molecule has 0 saturated carbocycles. The maximum atomic E-state index is 14.1. The molecule has 4 aromatic rings. The van der Waals surface area contributed by atoms with Crippen LogP contribution in [0.4, 0.5) is 29.5 Å². The number of aromatic nitrogens is 2. The van der Waals surface area contributed by atoms with Crippen molar-refractivity contribution in [3.63, 3.8) is 0 Å². The topological polar surface area (TPSA) is 154 Å². The van der Waals surface area contributed by atoms with Gasteiger partial charge in [-0.25, -0.2) is 14.6 Å². The number of piperidine rings is 1. The van der Waals surface area contributed by atoms with Crippen LogP contribution in [0.5, 0.6) is 0 Å². The normalized spacial score (nSPS) is 15.9. The molecule has 2 aliphatic rings. The Morgan fingerprint density at radius 2 is 1.71 bits per heavy atom. The molecule has 1 atom stereocenters. The fourth-order valence-corrected chi connectivity index (χ4v) is 7.16. The number of anilines is 2. The number of amides is 2. The van der Waals surface area contributed by atoms with Crippen LogP contribution in [0.1, 0.15) is 45.8 Å². The van der Waals surface area contributed by atoms with Crippen molar-refractivity contribution in [2.75, 3.05) is 77.1 Å². The summed E-state index contributed by atoms with van der Waals surface area (Å²) in [6, 6.07) is 14.7. The van der Waals surface area contributed by atoms with Crippen molar-refractivity contribution in [3.05, 3.63) is 98.4 Å². The second-order valence-electron chi connectivity index (χ2n) is 14.2. The van der Waals surface area contributed by atoms with Crippen LogP contribution >= 0.6 is 11.6 Å². The van der Waals surface area contributed by atoms with Gasteiger partial charge < -0.3 is 39.8 Å². The van der Waals surface area contributed by atoms with Crippen LogP contribution < -0.4 is 16.2 Å². The van der Waals surface area contributed by atoms with E-state index < -0.39 is 41.5 Å². The zero-order valence-corrected chi connectivity index (χ0v) is 31.7. The number of rotatable bonds is 10. The Morgan fingerprint density at radius 1 is 1.00 bits per heavy atom. The van der Waals surface area contributed by atoms with Crippen LogP contribution in [0.2, 0.25) is 5.02 Å². The van der Waals surface area contributed by atoms with E-state index in [0.29, 0.717) is 49.4 Å². The van der Waals surface area contributed by atoms with E-state index in [9.17, 15) is 32.3 Å². The number of carbonyl (C=O) groups excluding carboxylic acids is 3. The van der Waals surface area contributed by atoms with Gasteiger partial charge in [-0.2, -0.15) is 13.2 Å². The van der Waals surface area contributed by atoms with Gasteiger partial charge in [0.1, 0.15) is 12.4 Å². The van der Waals surface area contributed by atoms with Crippen LogP contribution in [0.3, 0.4) is 0 Å². The molecule has 0 radical (unpaired) electrons. The average Bonchev–Trinajstić information content (AvgIpc) is 3.18. The van der Waals surface area contributed by atoms with Crippen molar-refractivity contribution in [3.8, 4) is 0 Å². The molecule has 2 aromatic heterocycles. The molecule has 2 fully saturated rings. The van der Waals surface area contributed by atoms with E-state index in [-0.39, 0.29) is 61.3 Å². The van der Waals surface area contributed by atoms with Crippen molar-refractivity contribution >= 4 is 52.0 Å². The number of piperazine rings is 1. The fourth-order valence-electron chi connectivity index (χ4n) is 6.91. The molecule has 3 N–H and O–H groups in total. The minimum atomic E-state index is -4.81. The zero-order valence-electron chi connectivity index (χ0n) is 31.0. The molecular weight excluding hydrogens is 755 g/mol. The first-order chi connectivity index (χ1) is 26.7. The number of alkyl halides is 3. The summed E-state index contributed by atoms with van der Waals surface area (Å²) in [5, 5.41) is 0.553. The van der Waals surface area contributed by atoms with E-state index in [1.165, 1.54) is 22.1 Å². The molecule has 0 spiro atoms. The van der Waals surface area contributed by atoms with E-state index in [1.54, 1.807) is 12.1 Å². The van der Waals surface area contributed by atoms with Gasteiger partial charge in [-0.15, -0.1) is 0 Å². The van der Waals surface area contributed by atoms with Gasteiger partial charge in [0.2, 0.25) is 0 Å². The Labute approximate surface area is 326 Å². The van der Waals surface area contributed by atoms with E-state index in [1.807, 2.05) is 54.2 Å². The standard InChI is InChI=1S/C39H43ClF3N7O6/c1-47(2)17-18-55-37(53)27-7-8-33(45-23-27)48-13-15-49(16-14-48)36(52)32(21-24-19-29(39(41,42)43)34(44)30(40)20-24)56-38(54)50-11-9-25(10-12-50)28-22-26-5-3-4-6-31(26)46-35(28)51/h3-8,19-20,22-23,25,32H,9-18,21,44H2,1-2H3,(H,46,51)/t32-/m1/s1. The Balaban J connectivity index is 1.13. The molecular formula is C39H43ClF3N7O6. The Kier molecular flexibility index (Phi) is 12.4. The number of ether oxygens (including phenoxy) is 2. The summed E-state index contributed by atoms with van der Waals surface area (Å²) in [7, 11) is 3.74. The molecule has 2 aliphatic heterocycles. The van der Waals surface area contributed by atoms with Gasteiger partial charge in [0.05, 0.1) is 21.8 Å². The van der Waals surface area contributed by atoms with Crippen LogP contribution in [0.25, 0.3) is 10.9 Å². The number of benzene rings is 2. The van der Waals surface area contributed by atoms with Crippen LogP contribution in [0.15, 0.2) is 65.6 Å². The second-order valence-corrected chi connectivity index (χ2v) is 14.6. The maximum Gasteiger partial charge on any atom is 0.418 e. The number of nitrogens with zero attached hydrogens (tertiary/aromatic N) is 5. The summed E-state index contributed by atoms with van der Waals surface area (Å²) in [5.41, 5.74) is 5.32. The predicted molar refractivity (Wildman–Crippen MR) is 205 cm³/mol. The molecule has 0 bridgehead atoms. The highest BCUT2D eigenvalue weighted by atomic mass is 35.5. The lowest BCUT2D eigenvalue weighted by Gasteiger charge is -2.37. The third kappa shape index (κ3) is 9.53. The van der Waals surface area contributed by atoms with Crippen molar-refractivity contribution in [1.82, 2.24) is 24.7 Å². The van der Waals surface area contributed by atoms with E-state index in [0.717, 1.165) is 17.0 Å². The van der Waals surface area contributed by atoms with Crippen LogP contribution in [-0.4, -0.2) is 115 Å². The van der Waals surface area contributed by atoms with E-state index >= 15 is 0 Å². The summed E-state index contributed by atoms with van der Waals surface area (Å²) in [4.78, 5) is 67.0. The number of hydrogen-bond acceptors (Lipinski definition) is 10. The van der Waals surface area contributed by atoms with Gasteiger partial charge in [0.15, 0.2) is 6.10 Å². The molecule has 2 saturated heterocycles. The van der Waals surface area contributed by atoms with Gasteiger partial charge >= 0.3 is 18.2 Å². The lowest BCUT2D eigenvalue weighted by Crippen LogP contribution is -2.53. The number of nitrogens with two attached hydrogens (primary N) is 1. The van der Waals surface area contributed by atoms with Crippen molar-refractivity contribution in [2.45, 2.75) is 37.5 Å². The largest absolute Gasteiger partial charge is 0.461 e. The molecule has 13 nitrogen and oxygen atoms in total. The number of fused-ring (bicyclic) bond motifs is 1. The van der Waals surface area contributed by atoms with Crippen molar-refractivity contribution in [2.24, 2.45) is 0 Å². The average molecular weight is 798 g/mol. The summed E-state index contributed by atoms with van der Waals surface area (Å²) in [6.07, 6.45) is -5.12. The number of pyridine rings is 2. The molecule has 2 aromatic carbocycles. The van der Waals surface area contributed by atoms with Gasteiger partial charge in [0.25, 0.3) is 11.5 Å². The zero-order chi connectivity index (χ0) is 40.1. The molecule has 56 heavy (non-hydrogen) atoms. The molecule has 0 unspecified atom stereocenters. The van der Waals surface area contributed by atoms with Crippen molar-refractivity contribution < 1.29 is 37.0 Å². The third-order valence-corrected chi connectivity index (χ3v) is 10.4. The number of nitrogen functional groups attached to an aromatic ring is 1. The van der Waals surface area contributed by atoms with Gasteiger partial charge in [-0.3, -0.25) is 9.59 Å². The number of H-pyrrole nitrogens is 1. The maximum absolute atomic E-state index is 14.1. The molecule has 6 rings (SSSR count). The number of carbonyl (C=O) groups is 3. The minimum Gasteiger partial charge on any atom is -0.461 e. The Bertz CT molecular complexity index is 2120. The highest BCUT2D eigenvalue weighted by Gasteiger charge is 2.37. The van der Waals surface area contributed by atoms with E-state index in [2.05, 4.69) is 9.97 Å². The first-order valence-corrected chi connectivity index (χ1v) is 18.6. The summed E-state index contributed by atoms with van der Waals surface area (Å²) >= 11 is 6.11. The highest BCUT2D eigenvalue weighted by Crippen LogP contribution is 2.38. The highest BCUT2D eigenvalue weighted by molar-refractivity contribution is 6.33. The first kappa shape index (κ1) is 40.3. The summed E-state index contributed by atoms with van der Waals surface area (Å²) in [5.74, 6) is -0.612. The smallest absolute Gasteiger partial charge is 0.418 e. The molecule has 17 heteroatoms. The number of hydrogen-bond donors (Lipinski definition) is 2. The van der Waals surface area contributed by atoms with Gasteiger partial charge in [-0.05, 0) is 80.2 Å². The SMILES string of the molecule is CN(C)CCOC(=O)c1ccc(N2CCN(C(=O)[C@@H](Cc3cc(Cl)c(N)c(C(F)(F)F)c3)OC(=O)N3CCC(c4cc5ccccc5[nH]c4=O)CC3)CC2)nc1. The molecule has 298 valence electrons. The van der Waals surface area contributed by atoms with E-state index in [4.69, 9.17) is 26.8 Å². The number of likely N-dealkylation sites (tertiary alicyclic amines) is 1. The quantitative estimate of drug-likeness (QED) is 0.162. The lowest BCUT2D eigenvalue weighted by molar-refractivity contribution is -0.141. The number of esters is 1. The lowest BCUT2D eigenvalue weighted by atomic mass is 9.89. The molecule has 2 amide bonds. The first-order valence-electron chi connectivity index (χ1n) is 18.2. The number of para-hydroxylation sites is 1. The number of aromatic amines is 1. The molecule has 4 heterocycles. The van der Waals surface area contributed by atoms with Crippen molar-refractivity contribution in [1.29, 1.82) is 0 Å². The van der Waals surface area contributed by atoms with Crippen LogP contribution in [0, 0.1) is 0 Å². The predicted octanol–water partition coefficient (Wildman–Crippen LogP) is 5.17. The second kappa shape index (κ2) is 17.2. The number of nitrogens with one attached hydrogen (secondary N) is 1. The molecule has 0 aliphatic carbocycles. The summed E-state index contributed by atoms with van der Waals surface area (Å²) < 4.78 is 52.7. The Morgan fingerprint density at radius 3 is 2.38 bits per heavy atom. The summed E-state index contributed by atoms with van der Waals surface area (Å²) in [6.45, 7) is 2.38. The number of halogens is 4. The van der Waals surface area contributed by atoms with Gasteiger partial charge in [-0.1, -0.05) is 29.8 Å². The monoisotopic (exact) mass is 797 g/mol.